The molecule has 0 N–H and O–H groups in total. The van der Waals surface area contributed by atoms with Crippen LogP contribution in [0.4, 0.5) is 11.4 Å². The predicted molar refractivity (Wildman–Crippen MR) is 122 cm³/mol. The summed E-state index contributed by atoms with van der Waals surface area (Å²) in [5.74, 6) is -0.413. The molecule has 3 aromatic carbocycles. The number of nitro groups is 1. The summed E-state index contributed by atoms with van der Waals surface area (Å²) >= 11 is 0. The zero-order valence-corrected chi connectivity index (χ0v) is 18.5. The largest absolute Gasteiger partial charge is 0.340 e. The zero-order chi connectivity index (χ0) is 23.3. The number of rotatable bonds is 8. The van der Waals surface area contributed by atoms with Crippen LogP contribution >= 0.6 is 0 Å². The van der Waals surface area contributed by atoms with Gasteiger partial charge in [-0.25, -0.2) is 8.42 Å². The van der Waals surface area contributed by atoms with Crippen LogP contribution in [0, 0.1) is 17.0 Å². The fraction of sp³-hybridized carbons (Fsp3) is 0.174. The third kappa shape index (κ3) is 5.30. The molecule has 0 aromatic heterocycles. The summed E-state index contributed by atoms with van der Waals surface area (Å²) in [6.45, 7) is 1.84. The lowest BCUT2D eigenvalue weighted by molar-refractivity contribution is -0.384. The summed E-state index contributed by atoms with van der Waals surface area (Å²) in [4.78, 5) is 24.8. The van der Waals surface area contributed by atoms with Crippen LogP contribution in [-0.2, 0) is 21.4 Å². The molecule has 0 heterocycles. The Kier molecular flexibility index (Phi) is 6.89. The van der Waals surface area contributed by atoms with Gasteiger partial charge in [0.15, 0.2) is 0 Å². The molecule has 1 amide bonds. The Morgan fingerprint density at radius 1 is 0.938 bits per heavy atom. The van der Waals surface area contributed by atoms with Gasteiger partial charge in [0.2, 0.25) is 5.91 Å². The molecule has 0 radical (unpaired) electrons. The summed E-state index contributed by atoms with van der Waals surface area (Å²) in [6.07, 6.45) is 0. The first kappa shape index (κ1) is 23.0. The van der Waals surface area contributed by atoms with Gasteiger partial charge >= 0.3 is 0 Å². The van der Waals surface area contributed by atoms with E-state index in [2.05, 4.69) is 0 Å². The number of nitro benzene ring substituents is 1. The Morgan fingerprint density at radius 3 is 2.09 bits per heavy atom. The van der Waals surface area contributed by atoms with Crippen molar-refractivity contribution in [1.29, 1.82) is 0 Å². The molecule has 3 rings (SSSR count). The van der Waals surface area contributed by atoms with Crippen molar-refractivity contribution >= 4 is 27.3 Å². The summed E-state index contributed by atoms with van der Waals surface area (Å²) < 4.78 is 27.6. The number of carbonyl (C=O) groups is 1. The van der Waals surface area contributed by atoms with Gasteiger partial charge in [0.25, 0.3) is 15.7 Å². The first-order chi connectivity index (χ1) is 15.2. The maximum Gasteiger partial charge on any atom is 0.269 e. The van der Waals surface area contributed by atoms with Crippen LogP contribution in [0.15, 0.2) is 83.8 Å². The van der Waals surface area contributed by atoms with Crippen molar-refractivity contribution in [2.24, 2.45) is 0 Å². The highest BCUT2D eigenvalue weighted by Gasteiger charge is 2.28. The minimum Gasteiger partial charge on any atom is -0.340 e. The van der Waals surface area contributed by atoms with E-state index in [0.29, 0.717) is 6.54 Å². The molecule has 0 spiro atoms. The van der Waals surface area contributed by atoms with Crippen LogP contribution in [0.2, 0.25) is 0 Å². The van der Waals surface area contributed by atoms with Gasteiger partial charge in [-0.05, 0) is 36.8 Å². The molecule has 0 aliphatic rings. The van der Waals surface area contributed by atoms with Gasteiger partial charge in [-0.3, -0.25) is 19.2 Å². The van der Waals surface area contributed by atoms with E-state index in [1.165, 1.54) is 41.3 Å². The molecule has 3 aromatic rings. The second-order valence-corrected chi connectivity index (χ2v) is 9.20. The first-order valence-corrected chi connectivity index (χ1v) is 11.2. The van der Waals surface area contributed by atoms with Gasteiger partial charge in [-0.15, -0.1) is 0 Å². The Bertz CT molecular complexity index is 1190. The van der Waals surface area contributed by atoms with Crippen molar-refractivity contribution in [3.8, 4) is 0 Å². The maximum absolute atomic E-state index is 13.3. The Hall–Kier alpha value is -3.72. The average Bonchev–Trinajstić information content (AvgIpc) is 2.79. The topological polar surface area (TPSA) is 101 Å². The summed E-state index contributed by atoms with van der Waals surface area (Å²) in [5, 5.41) is 11.0. The molecule has 0 bridgehead atoms. The summed E-state index contributed by atoms with van der Waals surface area (Å²) in [5.41, 5.74) is 2.01. The second kappa shape index (κ2) is 9.61. The van der Waals surface area contributed by atoms with E-state index in [1.54, 1.807) is 25.2 Å². The number of amides is 1. The molecule has 0 saturated carbocycles. The molecule has 166 valence electrons. The molecule has 9 heteroatoms. The SMILES string of the molecule is Cc1ccc(CN(C)C(=O)CN(c2ccc([N+](=O)[O-])cc2)S(=O)(=O)c2ccccc2)cc1. The highest BCUT2D eigenvalue weighted by atomic mass is 32.2. The number of anilines is 1. The summed E-state index contributed by atoms with van der Waals surface area (Å²) in [6, 6.07) is 20.5. The number of aryl methyl sites for hydroxylation is 1. The van der Waals surface area contributed by atoms with Crippen LogP contribution in [0.3, 0.4) is 0 Å². The van der Waals surface area contributed by atoms with E-state index in [0.717, 1.165) is 15.4 Å². The Balaban J connectivity index is 1.90. The van der Waals surface area contributed by atoms with Gasteiger partial charge < -0.3 is 4.90 Å². The van der Waals surface area contributed by atoms with Gasteiger partial charge in [0.05, 0.1) is 15.5 Å². The molecule has 0 fully saturated rings. The third-order valence-electron chi connectivity index (χ3n) is 4.92. The van der Waals surface area contributed by atoms with E-state index in [1.807, 2.05) is 31.2 Å². The molecule has 8 nitrogen and oxygen atoms in total. The number of benzene rings is 3. The maximum atomic E-state index is 13.3. The number of likely N-dealkylation sites (N-methyl/N-ethyl adjacent to an activating group) is 1. The van der Waals surface area contributed by atoms with Crippen molar-refractivity contribution in [2.75, 3.05) is 17.9 Å². The van der Waals surface area contributed by atoms with E-state index < -0.39 is 27.4 Å². The third-order valence-corrected chi connectivity index (χ3v) is 6.71. The number of non-ortho nitro benzene ring substituents is 1. The van der Waals surface area contributed by atoms with Crippen LogP contribution in [0.5, 0.6) is 0 Å². The molecule has 0 unspecified atom stereocenters. The van der Waals surface area contributed by atoms with Gasteiger partial charge in [0, 0.05) is 25.7 Å². The number of carbonyl (C=O) groups excluding carboxylic acids is 1. The molecular weight excluding hydrogens is 430 g/mol. The highest BCUT2D eigenvalue weighted by Crippen LogP contribution is 2.26. The standard InChI is InChI=1S/C23H23N3O5S/c1-18-8-10-19(11-9-18)16-24(2)23(27)17-25(20-12-14-21(15-13-20)26(28)29)32(30,31)22-6-4-3-5-7-22/h3-15H,16-17H2,1-2H3. The summed E-state index contributed by atoms with van der Waals surface area (Å²) in [7, 11) is -2.48. The fourth-order valence-electron chi connectivity index (χ4n) is 3.07. The number of nitrogens with zero attached hydrogens (tertiary/aromatic N) is 3. The second-order valence-electron chi connectivity index (χ2n) is 7.33. The molecular formula is C23H23N3O5S. The van der Waals surface area contributed by atoms with Crippen LogP contribution < -0.4 is 4.31 Å². The van der Waals surface area contributed by atoms with E-state index in [-0.39, 0.29) is 16.3 Å². The van der Waals surface area contributed by atoms with Gasteiger partial charge in [-0.1, -0.05) is 48.0 Å². The lowest BCUT2D eigenvalue weighted by Crippen LogP contribution is -2.41. The van der Waals surface area contributed by atoms with Crippen LogP contribution in [-0.4, -0.2) is 37.7 Å². The minimum atomic E-state index is -4.08. The first-order valence-electron chi connectivity index (χ1n) is 9.80. The highest BCUT2D eigenvalue weighted by molar-refractivity contribution is 7.92. The lowest BCUT2D eigenvalue weighted by Gasteiger charge is -2.26. The van der Waals surface area contributed by atoms with Crippen molar-refractivity contribution in [3.63, 3.8) is 0 Å². The molecule has 0 atom stereocenters. The van der Waals surface area contributed by atoms with Crippen LogP contribution in [0.1, 0.15) is 11.1 Å². The molecule has 0 aliphatic carbocycles. The number of hydrogen-bond donors (Lipinski definition) is 0. The minimum absolute atomic E-state index is 0.0207. The smallest absolute Gasteiger partial charge is 0.269 e. The monoisotopic (exact) mass is 453 g/mol. The molecule has 0 saturated heterocycles. The van der Waals surface area contributed by atoms with E-state index >= 15 is 0 Å². The number of hydrogen-bond acceptors (Lipinski definition) is 5. The lowest BCUT2D eigenvalue weighted by atomic mass is 10.1. The van der Waals surface area contributed by atoms with Crippen molar-refractivity contribution in [1.82, 2.24) is 4.90 Å². The normalized spacial score (nSPS) is 11.1. The predicted octanol–water partition coefficient (Wildman–Crippen LogP) is 3.76. The number of sulfonamides is 1. The van der Waals surface area contributed by atoms with Gasteiger partial charge in [-0.2, -0.15) is 0 Å². The van der Waals surface area contributed by atoms with Crippen molar-refractivity contribution in [3.05, 3.63) is 100 Å². The Labute approximate surface area is 186 Å². The van der Waals surface area contributed by atoms with Crippen molar-refractivity contribution in [2.45, 2.75) is 18.4 Å². The van der Waals surface area contributed by atoms with Gasteiger partial charge in [0.1, 0.15) is 6.54 Å². The quantitative estimate of drug-likeness (QED) is 0.382. The van der Waals surface area contributed by atoms with Crippen LogP contribution in [0.25, 0.3) is 0 Å². The van der Waals surface area contributed by atoms with E-state index in [9.17, 15) is 23.3 Å². The fourth-order valence-corrected chi connectivity index (χ4v) is 4.51. The van der Waals surface area contributed by atoms with E-state index in [4.69, 9.17) is 0 Å². The Morgan fingerprint density at radius 2 is 1.53 bits per heavy atom. The average molecular weight is 454 g/mol. The zero-order valence-electron chi connectivity index (χ0n) is 17.7. The molecule has 0 aliphatic heterocycles. The van der Waals surface area contributed by atoms with Crippen molar-refractivity contribution < 1.29 is 18.1 Å². The molecule has 32 heavy (non-hydrogen) atoms.